The highest BCUT2D eigenvalue weighted by atomic mass is 35.5. The monoisotopic (exact) mass is 513 g/mol. The summed E-state index contributed by atoms with van der Waals surface area (Å²) in [6.07, 6.45) is 0. The molecule has 0 unspecified atom stereocenters. The maximum Gasteiger partial charge on any atom is 0.235 e. The smallest absolute Gasteiger partial charge is 0.235 e. The number of nitrogens with one attached hydrogen (secondary N) is 2. The lowest BCUT2D eigenvalue weighted by Gasteiger charge is -2.05. The van der Waals surface area contributed by atoms with Crippen LogP contribution in [0.2, 0.25) is 5.28 Å². The van der Waals surface area contributed by atoms with Crippen LogP contribution in [0.15, 0.2) is 59.3 Å². The molecule has 0 aliphatic carbocycles. The Morgan fingerprint density at radius 1 is 0.686 bits per heavy atom. The van der Waals surface area contributed by atoms with E-state index in [0.717, 1.165) is 22.5 Å². The number of thiazole rings is 2. The van der Waals surface area contributed by atoms with Gasteiger partial charge in [0.15, 0.2) is 10.3 Å². The predicted molar refractivity (Wildman–Crippen MR) is 136 cm³/mol. The third kappa shape index (κ3) is 5.23. The first-order chi connectivity index (χ1) is 17.1. The van der Waals surface area contributed by atoms with Crippen molar-refractivity contribution in [1.29, 1.82) is 10.5 Å². The number of anilines is 4. The lowest BCUT2D eigenvalue weighted by molar-refractivity contribution is 1.06. The molecular formula is C23H12ClN9S2. The molecule has 35 heavy (non-hydrogen) atoms. The molecule has 12 heteroatoms. The zero-order chi connectivity index (χ0) is 24.2. The van der Waals surface area contributed by atoms with Gasteiger partial charge in [-0.15, -0.1) is 22.7 Å². The van der Waals surface area contributed by atoms with E-state index in [9.17, 15) is 0 Å². The summed E-state index contributed by atoms with van der Waals surface area (Å²) in [6, 6.07) is 18.7. The summed E-state index contributed by atoms with van der Waals surface area (Å²) in [5.41, 5.74) is 4.25. The van der Waals surface area contributed by atoms with Crippen LogP contribution in [-0.4, -0.2) is 24.9 Å². The van der Waals surface area contributed by atoms with Gasteiger partial charge in [-0.2, -0.15) is 25.5 Å². The molecule has 9 nitrogen and oxygen atoms in total. The van der Waals surface area contributed by atoms with Gasteiger partial charge in [0.25, 0.3) is 0 Å². The van der Waals surface area contributed by atoms with Gasteiger partial charge in [0.05, 0.1) is 34.7 Å². The Hall–Kier alpha value is -4.42. The second-order valence-electron chi connectivity index (χ2n) is 6.96. The number of benzene rings is 2. The molecule has 0 amide bonds. The van der Waals surface area contributed by atoms with Gasteiger partial charge in [-0.25, -0.2) is 9.97 Å². The Morgan fingerprint density at radius 3 is 1.63 bits per heavy atom. The fourth-order valence-corrected chi connectivity index (χ4v) is 4.66. The van der Waals surface area contributed by atoms with E-state index in [1.54, 1.807) is 24.3 Å². The lowest BCUT2D eigenvalue weighted by Crippen LogP contribution is -2.03. The van der Waals surface area contributed by atoms with Gasteiger partial charge >= 0.3 is 0 Å². The van der Waals surface area contributed by atoms with Crippen molar-refractivity contribution >= 4 is 56.4 Å². The first-order valence-corrected chi connectivity index (χ1v) is 12.1. The third-order valence-electron chi connectivity index (χ3n) is 4.63. The van der Waals surface area contributed by atoms with Gasteiger partial charge in [0.2, 0.25) is 17.2 Å². The van der Waals surface area contributed by atoms with E-state index in [4.69, 9.17) is 22.1 Å². The number of nitrogens with zero attached hydrogens (tertiary/aromatic N) is 7. The average molecular weight is 514 g/mol. The number of hydrogen-bond donors (Lipinski definition) is 2. The molecule has 5 rings (SSSR count). The molecule has 5 aromatic rings. The van der Waals surface area contributed by atoms with E-state index >= 15 is 0 Å². The Morgan fingerprint density at radius 2 is 1.17 bits per heavy atom. The van der Waals surface area contributed by atoms with Crippen LogP contribution in [0, 0.1) is 22.7 Å². The minimum Gasteiger partial charge on any atom is -0.300 e. The van der Waals surface area contributed by atoms with Crippen LogP contribution in [0.3, 0.4) is 0 Å². The van der Waals surface area contributed by atoms with Gasteiger partial charge in [-0.05, 0) is 35.9 Å². The number of nitriles is 2. The predicted octanol–water partition coefficient (Wildman–Crippen LogP) is 6.00. The quantitative estimate of drug-likeness (QED) is 0.280. The molecule has 0 saturated carbocycles. The Bertz CT molecular complexity index is 1500. The van der Waals surface area contributed by atoms with Crippen LogP contribution in [0.5, 0.6) is 0 Å². The Balaban J connectivity index is 1.33. The van der Waals surface area contributed by atoms with Crippen LogP contribution in [0.4, 0.5) is 22.2 Å². The molecule has 0 aliphatic heterocycles. The fraction of sp³-hybridized carbons (Fsp3) is 0. The summed E-state index contributed by atoms with van der Waals surface area (Å²) < 4.78 is 0. The molecule has 0 radical (unpaired) electrons. The zero-order valence-corrected chi connectivity index (χ0v) is 20.0. The number of halogens is 1. The van der Waals surface area contributed by atoms with Crippen molar-refractivity contribution in [2.24, 2.45) is 0 Å². The molecule has 0 bridgehead atoms. The van der Waals surface area contributed by atoms with Crippen molar-refractivity contribution in [3.05, 3.63) is 75.7 Å². The Labute approximate surface area is 212 Å². The molecular weight excluding hydrogens is 502 g/mol. The summed E-state index contributed by atoms with van der Waals surface area (Å²) >= 11 is 8.85. The second kappa shape index (κ2) is 9.83. The van der Waals surface area contributed by atoms with Crippen molar-refractivity contribution in [3.8, 4) is 34.7 Å². The first kappa shape index (κ1) is 22.4. The standard InChI is InChI=1S/C23H12ClN9S2/c24-19-29-20(32-22-27-17(11-34-22)15-5-1-3-13(7-15)9-25)31-21(30-19)33-23-28-18(12-35-23)16-6-2-4-14(8-16)10-26/h1-8,11-12H,(H2,27,28,29,30,31,32,33). The van der Waals surface area contributed by atoms with Gasteiger partial charge in [0.1, 0.15) is 0 Å². The van der Waals surface area contributed by atoms with E-state index in [2.05, 4.69) is 47.7 Å². The van der Waals surface area contributed by atoms with Crippen molar-refractivity contribution in [2.75, 3.05) is 10.6 Å². The van der Waals surface area contributed by atoms with E-state index < -0.39 is 0 Å². The normalized spacial score (nSPS) is 10.4. The van der Waals surface area contributed by atoms with Crippen molar-refractivity contribution in [1.82, 2.24) is 24.9 Å². The maximum atomic E-state index is 9.11. The van der Waals surface area contributed by atoms with Crippen molar-refractivity contribution < 1.29 is 0 Å². The van der Waals surface area contributed by atoms with Crippen LogP contribution in [0.1, 0.15) is 11.1 Å². The molecule has 3 heterocycles. The van der Waals surface area contributed by atoms with E-state index in [0.29, 0.717) is 21.4 Å². The molecule has 0 aliphatic rings. The molecule has 2 N–H and O–H groups in total. The van der Waals surface area contributed by atoms with Crippen molar-refractivity contribution in [3.63, 3.8) is 0 Å². The summed E-state index contributed by atoms with van der Waals surface area (Å²) in [7, 11) is 0. The van der Waals surface area contributed by atoms with Crippen LogP contribution < -0.4 is 10.6 Å². The molecule has 0 fully saturated rings. The first-order valence-electron chi connectivity index (χ1n) is 9.97. The summed E-state index contributed by atoms with van der Waals surface area (Å²) in [6.45, 7) is 0. The molecule has 2 aromatic carbocycles. The minimum atomic E-state index is 0.00185. The van der Waals surface area contributed by atoms with Gasteiger partial charge in [0, 0.05) is 21.9 Å². The summed E-state index contributed by atoms with van der Waals surface area (Å²) in [5.74, 6) is 0.440. The summed E-state index contributed by atoms with van der Waals surface area (Å²) in [5, 5.41) is 29.2. The van der Waals surface area contributed by atoms with Crippen LogP contribution in [0.25, 0.3) is 22.5 Å². The largest absolute Gasteiger partial charge is 0.300 e. The molecule has 0 saturated heterocycles. The second-order valence-corrected chi connectivity index (χ2v) is 9.02. The molecule has 3 aromatic heterocycles. The van der Waals surface area contributed by atoms with E-state index in [-0.39, 0.29) is 17.2 Å². The highest BCUT2D eigenvalue weighted by Crippen LogP contribution is 2.29. The maximum absolute atomic E-state index is 9.11. The molecule has 0 spiro atoms. The number of aromatic nitrogens is 5. The molecule has 168 valence electrons. The van der Waals surface area contributed by atoms with Gasteiger partial charge in [-0.3, -0.25) is 10.6 Å². The Kier molecular flexibility index (Phi) is 6.28. The molecule has 0 atom stereocenters. The summed E-state index contributed by atoms with van der Waals surface area (Å²) in [4.78, 5) is 21.7. The average Bonchev–Trinajstić information content (AvgIpc) is 3.54. The lowest BCUT2D eigenvalue weighted by atomic mass is 10.1. The number of hydrogen-bond acceptors (Lipinski definition) is 11. The fourth-order valence-electron chi connectivity index (χ4n) is 3.08. The van der Waals surface area contributed by atoms with E-state index in [1.807, 2.05) is 35.0 Å². The highest BCUT2D eigenvalue weighted by Gasteiger charge is 2.12. The van der Waals surface area contributed by atoms with Gasteiger partial charge < -0.3 is 0 Å². The van der Waals surface area contributed by atoms with Crippen LogP contribution in [-0.2, 0) is 0 Å². The van der Waals surface area contributed by atoms with Crippen LogP contribution >= 0.6 is 34.3 Å². The van der Waals surface area contributed by atoms with Crippen molar-refractivity contribution in [2.45, 2.75) is 0 Å². The zero-order valence-electron chi connectivity index (χ0n) is 17.6. The topological polar surface area (TPSA) is 136 Å². The SMILES string of the molecule is N#Cc1cccc(-c2csc(Nc3nc(Cl)nc(Nc4nc(-c5cccc(C#N)c5)cs4)n3)n2)c1. The van der Waals surface area contributed by atoms with Gasteiger partial charge in [-0.1, -0.05) is 24.3 Å². The minimum absolute atomic E-state index is 0.00185. The number of rotatable bonds is 6. The highest BCUT2D eigenvalue weighted by molar-refractivity contribution is 7.14. The van der Waals surface area contributed by atoms with E-state index in [1.165, 1.54) is 22.7 Å². The third-order valence-corrected chi connectivity index (χ3v) is 6.31.